The SMILES string of the molecule is CC(C)N(CC(=O)O)Cc1csc(C2CCCC2)n1. The lowest BCUT2D eigenvalue weighted by Crippen LogP contribution is -2.35. The van der Waals surface area contributed by atoms with Crippen molar-refractivity contribution in [3.63, 3.8) is 0 Å². The third kappa shape index (κ3) is 4.01. The fourth-order valence-corrected chi connectivity index (χ4v) is 3.54. The molecule has 19 heavy (non-hydrogen) atoms. The summed E-state index contributed by atoms with van der Waals surface area (Å²) in [5, 5.41) is 12.3. The van der Waals surface area contributed by atoms with Gasteiger partial charge < -0.3 is 5.11 Å². The van der Waals surface area contributed by atoms with Crippen LogP contribution in [0.4, 0.5) is 0 Å². The van der Waals surface area contributed by atoms with Gasteiger partial charge in [0.05, 0.1) is 17.2 Å². The summed E-state index contributed by atoms with van der Waals surface area (Å²) in [5.41, 5.74) is 1.02. The smallest absolute Gasteiger partial charge is 0.317 e. The van der Waals surface area contributed by atoms with E-state index in [-0.39, 0.29) is 12.6 Å². The van der Waals surface area contributed by atoms with Crippen LogP contribution >= 0.6 is 11.3 Å². The first-order valence-corrected chi connectivity index (χ1v) is 7.84. The van der Waals surface area contributed by atoms with E-state index >= 15 is 0 Å². The quantitative estimate of drug-likeness (QED) is 0.871. The highest BCUT2D eigenvalue weighted by atomic mass is 32.1. The Morgan fingerprint density at radius 3 is 2.79 bits per heavy atom. The Hall–Kier alpha value is -0.940. The molecule has 0 amide bonds. The van der Waals surface area contributed by atoms with Gasteiger partial charge in [-0.2, -0.15) is 0 Å². The zero-order valence-corrected chi connectivity index (χ0v) is 12.4. The molecule has 0 aliphatic heterocycles. The topological polar surface area (TPSA) is 53.4 Å². The largest absolute Gasteiger partial charge is 0.480 e. The van der Waals surface area contributed by atoms with Crippen LogP contribution in [0.3, 0.4) is 0 Å². The number of hydrogen-bond donors (Lipinski definition) is 1. The second-order valence-corrected chi connectivity index (χ2v) is 6.44. The molecule has 1 N–H and O–H groups in total. The molecule has 0 saturated heterocycles. The van der Waals surface area contributed by atoms with E-state index in [1.165, 1.54) is 30.7 Å². The molecule has 2 rings (SSSR count). The molecule has 1 aromatic rings. The predicted molar refractivity (Wildman–Crippen MR) is 76.5 cm³/mol. The minimum Gasteiger partial charge on any atom is -0.480 e. The summed E-state index contributed by atoms with van der Waals surface area (Å²) < 4.78 is 0. The highest BCUT2D eigenvalue weighted by molar-refractivity contribution is 7.09. The summed E-state index contributed by atoms with van der Waals surface area (Å²) in [5.74, 6) is -0.134. The Labute approximate surface area is 118 Å². The molecule has 1 aromatic heterocycles. The molecule has 0 aromatic carbocycles. The molecular weight excluding hydrogens is 260 g/mol. The number of carboxylic acids is 1. The average Bonchev–Trinajstić information content (AvgIpc) is 2.97. The lowest BCUT2D eigenvalue weighted by Gasteiger charge is -2.23. The fraction of sp³-hybridized carbons (Fsp3) is 0.714. The van der Waals surface area contributed by atoms with Crippen molar-refractivity contribution in [3.8, 4) is 0 Å². The average molecular weight is 282 g/mol. The Morgan fingerprint density at radius 1 is 1.53 bits per heavy atom. The van der Waals surface area contributed by atoms with E-state index in [0.717, 1.165) is 5.69 Å². The number of aromatic nitrogens is 1. The van der Waals surface area contributed by atoms with Gasteiger partial charge in [0.15, 0.2) is 0 Å². The predicted octanol–water partition coefficient (Wildman–Crippen LogP) is 3.10. The maximum absolute atomic E-state index is 10.9. The van der Waals surface area contributed by atoms with Crippen LogP contribution in [0.15, 0.2) is 5.38 Å². The summed E-state index contributed by atoms with van der Waals surface area (Å²) in [4.78, 5) is 17.5. The number of aliphatic carboxylic acids is 1. The maximum atomic E-state index is 10.9. The third-order valence-electron chi connectivity index (χ3n) is 3.71. The molecule has 1 aliphatic rings. The third-order valence-corrected chi connectivity index (χ3v) is 4.76. The standard InChI is InChI=1S/C14H22N2O2S/c1-10(2)16(8-13(17)18)7-12-9-19-14(15-12)11-5-3-4-6-11/h9-11H,3-8H2,1-2H3,(H,17,18). The molecular formula is C14H22N2O2S. The molecule has 0 unspecified atom stereocenters. The van der Waals surface area contributed by atoms with E-state index < -0.39 is 5.97 Å². The number of thiazole rings is 1. The molecule has 4 nitrogen and oxygen atoms in total. The van der Waals surface area contributed by atoms with E-state index in [4.69, 9.17) is 10.1 Å². The molecule has 0 bridgehead atoms. The number of hydrogen-bond acceptors (Lipinski definition) is 4. The lowest BCUT2D eigenvalue weighted by molar-refractivity contribution is -0.138. The maximum Gasteiger partial charge on any atom is 0.317 e. The molecule has 106 valence electrons. The Morgan fingerprint density at radius 2 is 2.21 bits per heavy atom. The highest BCUT2D eigenvalue weighted by Gasteiger charge is 2.21. The van der Waals surface area contributed by atoms with Crippen LogP contribution in [0.25, 0.3) is 0 Å². The van der Waals surface area contributed by atoms with Gasteiger partial charge >= 0.3 is 5.97 Å². The van der Waals surface area contributed by atoms with Crippen molar-refractivity contribution in [2.45, 2.75) is 58.0 Å². The first kappa shape index (κ1) is 14.5. The van der Waals surface area contributed by atoms with E-state index in [2.05, 4.69) is 5.38 Å². The molecule has 1 aliphatic carbocycles. The lowest BCUT2D eigenvalue weighted by atomic mass is 10.1. The molecule has 0 radical (unpaired) electrons. The van der Waals surface area contributed by atoms with Crippen LogP contribution in [0.1, 0.15) is 56.2 Å². The summed E-state index contributed by atoms with van der Waals surface area (Å²) in [6, 6.07) is 0.215. The number of rotatable bonds is 6. The van der Waals surface area contributed by atoms with Crippen molar-refractivity contribution < 1.29 is 9.90 Å². The number of carboxylic acid groups (broad SMARTS) is 1. The van der Waals surface area contributed by atoms with Gasteiger partial charge in [-0.1, -0.05) is 12.8 Å². The monoisotopic (exact) mass is 282 g/mol. The van der Waals surface area contributed by atoms with Crippen molar-refractivity contribution in [2.24, 2.45) is 0 Å². The van der Waals surface area contributed by atoms with Gasteiger partial charge in [0.2, 0.25) is 0 Å². The number of nitrogens with zero attached hydrogens (tertiary/aromatic N) is 2. The Balaban J connectivity index is 1.98. The summed E-state index contributed by atoms with van der Waals surface area (Å²) in [6.07, 6.45) is 5.15. The van der Waals surface area contributed by atoms with Gasteiger partial charge in [-0.3, -0.25) is 9.69 Å². The first-order chi connectivity index (χ1) is 9.06. The van der Waals surface area contributed by atoms with Crippen molar-refractivity contribution in [2.75, 3.05) is 6.54 Å². The molecule has 1 fully saturated rings. The normalized spacial score (nSPS) is 16.6. The van der Waals surface area contributed by atoms with Gasteiger partial charge in [-0.25, -0.2) is 4.98 Å². The molecule has 0 atom stereocenters. The molecule has 5 heteroatoms. The van der Waals surface area contributed by atoms with Crippen molar-refractivity contribution in [1.82, 2.24) is 9.88 Å². The summed E-state index contributed by atoms with van der Waals surface area (Å²) in [6.45, 7) is 4.75. The van der Waals surface area contributed by atoms with Gasteiger partial charge in [-0.15, -0.1) is 11.3 Å². The molecule has 1 saturated carbocycles. The van der Waals surface area contributed by atoms with Crippen LogP contribution in [0, 0.1) is 0 Å². The fourth-order valence-electron chi connectivity index (χ4n) is 2.56. The highest BCUT2D eigenvalue weighted by Crippen LogP contribution is 2.35. The summed E-state index contributed by atoms with van der Waals surface area (Å²) in [7, 11) is 0. The van der Waals surface area contributed by atoms with E-state index in [0.29, 0.717) is 12.5 Å². The number of carbonyl (C=O) groups is 1. The van der Waals surface area contributed by atoms with Crippen molar-refractivity contribution >= 4 is 17.3 Å². The van der Waals surface area contributed by atoms with Gasteiger partial charge in [0.25, 0.3) is 0 Å². The van der Waals surface area contributed by atoms with Crippen LogP contribution in [-0.2, 0) is 11.3 Å². The van der Waals surface area contributed by atoms with Crippen molar-refractivity contribution in [3.05, 3.63) is 16.1 Å². The van der Waals surface area contributed by atoms with E-state index in [9.17, 15) is 4.79 Å². The Kier molecular flexibility index (Phi) is 4.93. The second-order valence-electron chi connectivity index (χ2n) is 5.55. The molecule has 1 heterocycles. The van der Waals surface area contributed by atoms with Gasteiger partial charge in [0, 0.05) is 23.9 Å². The van der Waals surface area contributed by atoms with Crippen LogP contribution in [0.5, 0.6) is 0 Å². The Bertz CT molecular complexity index is 425. The first-order valence-electron chi connectivity index (χ1n) is 6.96. The zero-order valence-electron chi connectivity index (χ0n) is 11.6. The zero-order chi connectivity index (χ0) is 13.8. The van der Waals surface area contributed by atoms with Gasteiger partial charge in [0.1, 0.15) is 0 Å². The minimum absolute atomic E-state index is 0.0773. The van der Waals surface area contributed by atoms with Crippen molar-refractivity contribution in [1.29, 1.82) is 0 Å². The van der Waals surface area contributed by atoms with E-state index in [1.54, 1.807) is 11.3 Å². The van der Waals surface area contributed by atoms with Crippen LogP contribution < -0.4 is 0 Å². The van der Waals surface area contributed by atoms with Gasteiger partial charge in [-0.05, 0) is 26.7 Å². The molecule has 0 spiro atoms. The van der Waals surface area contributed by atoms with Crippen LogP contribution in [-0.4, -0.2) is 33.5 Å². The summed E-state index contributed by atoms with van der Waals surface area (Å²) >= 11 is 1.73. The minimum atomic E-state index is -0.778. The van der Waals surface area contributed by atoms with Crippen LogP contribution in [0.2, 0.25) is 0 Å². The van der Waals surface area contributed by atoms with E-state index in [1.807, 2.05) is 18.7 Å². The second kappa shape index (κ2) is 6.48.